The van der Waals surface area contributed by atoms with E-state index in [1.807, 2.05) is 6.07 Å². The first kappa shape index (κ1) is 10.7. The Labute approximate surface area is 103 Å². The topological polar surface area (TPSA) is 74.4 Å². The minimum absolute atomic E-state index is 0.221. The van der Waals surface area contributed by atoms with E-state index < -0.39 is 0 Å². The molecule has 3 rings (SSSR count). The zero-order valence-corrected chi connectivity index (χ0v) is 10.1. The Morgan fingerprint density at radius 1 is 1.11 bits per heavy atom. The van der Waals surface area contributed by atoms with E-state index in [2.05, 4.69) is 40.1 Å². The monoisotopic (exact) mass is 240 g/mol. The summed E-state index contributed by atoms with van der Waals surface area (Å²) in [5, 5.41) is 6.36. The van der Waals surface area contributed by atoms with Crippen LogP contribution in [0.4, 0.5) is 0 Å². The molecule has 1 aromatic carbocycles. The lowest BCUT2D eigenvalue weighted by molar-refractivity contribution is 0.985. The normalized spacial score (nSPS) is 11.0. The van der Waals surface area contributed by atoms with Crippen LogP contribution in [0, 0.1) is 13.8 Å². The van der Waals surface area contributed by atoms with Crippen LogP contribution in [0.1, 0.15) is 11.1 Å². The highest BCUT2D eigenvalue weighted by Gasteiger charge is 2.07. The van der Waals surface area contributed by atoms with E-state index in [-0.39, 0.29) is 5.56 Å². The molecule has 2 heterocycles. The van der Waals surface area contributed by atoms with Crippen LogP contribution in [-0.2, 0) is 0 Å². The molecule has 18 heavy (non-hydrogen) atoms. The van der Waals surface area contributed by atoms with Crippen LogP contribution >= 0.6 is 0 Å². The zero-order valence-electron chi connectivity index (χ0n) is 10.1. The molecule has 0 aliphatic rings. The third-order valence-electron chi connectivity index (χ3n) is 3.02. The van der Waals surface area contributed by atoms with E-state index in [0.29, 0.717) is 11.5 Å². The molecule has 3 aromatic rings. The Hall–Kier alpha value is -2.43. The average molecular weight is 240 g/mol. The summed E-state index contributed by atoms with van der Waals surface area (Å²) in [7, 11) is 0. The minimum atomic E-state index is -0.221. The van der Waals surface area contributed by atoms with Crippen molar-refractivity contribution in [3.63, 3.8) is 0 Å². The maximum Gasteiger partial charge on any atom is 0.264 e. The molecular weight excluding hydrogens is 228 g/mol. The average Bonchev–Trinajstić information content (AvgIpc) is 2.73. The molecule has 2 aromatic heterocycles. The van der Waals surface area contributed by atoms with E-state index >= 15 is 0 Å². The third-order valence-corrected chi connectivity index (χ3v) is 3.02. The van der Waals surface area contributed by atoms with Crippen molar-refractivity contribution in [3.05, 3.63) is 45.7 Å². The molecule has 2 N–H and O–H groups in total. The van der Waals surface area contributed by atoms with Crippen LogP contribution in [0.3, 0.4) is 0 Å². The number of aromatic amines is 2. The molecule has 0 unspecified atom stereocenters. The third kappa shape index (κ3) is 1.69. The van der Waals surface area contributed by atoms with Crippen molar-refractivity contribution in [2.24, 2.45) is 0 Å². The van der Waals surface area contributed by atoms with Crippen molar-refractivity contribution in [3.8, 4) is 11.5 Å². The summed E-state index contributed by atoms with van der Waals surface area (Å²) in [6.07, 6.45) is 0. The van der Waals surface area contributed by atoms with Crippen LogP contribution in [0.5, 0.6) is 0 Å². The molecule has 0 spiro atoms. The highest BCUT2D eigenvalue weighted by Crippen LogP contribution is 2.20. The van der Waals surface area contributed by atoms with Gasteiger partial charge >= 0.3 is 0 Å². The standard InChI is InChI=1S/C13H12N4O/c1-7-5-10-11(6-8(7)2)15-13(14-10)9-3-4-12(18)17-16-9/h3-6H,1-2H3,(H,14,15)(H,17,18). The molecule has 0 saturated carbocycles. The maximum absolute atomic E-state index is 11.0. The molecule has 0 bridgehead atoms. The summed E-state index contributed by atoms with van der Waals surface area (Å²) in [6, 6.07) is 7.19. The van der Waals surface area contributed by atoms with Gasteiger partial charge in [0.2, 0.25) is 0 Å². The lowest BCUT2D eigenvalue weighted by Crippen LogP contribution is -2.05. The summed E-state index contributed by atoms with van der Waals surface area (Å²) in [5.74, 6) is 0.659. The fourth-order valence-corrected chi connectivity index (χ4v) is 1.87. The van der Waals surface area contributed by atoms with Crippen LogP contribution in [0.15, 0.2) is 29.1 Å². The van der Waals surface area contributed by atoms with Crippen LogP contribution in [0.2, 0.25) is 0 Å². The summed E-state index contributed by atoms with van der Waals surface area (Å²) in [5.41, 5.74) is 4.70. The summed E-state index contributed by atoms with van der Waals surface area (Å²) in [6.45, 7) is 4.12. The summed E-state index contributed by atoms with van der Waals surface area (Å²) in [4.78, 5) is 18.6. The number of H-pyrrole nitrogens is 2. The molecule has 0 aliphatic heterocycles. The number of nitrogens with one attached hydrogen (secondary N) is 2. The molecule has 90 valence electrons. The van der Waals surface area contributed by atoms with Gasteiger partial charge in [0.1, 0.15) is 5.69 Å². The second-order valence-corrected chi connectivity index (χ2v) is 4.35. The largest absolute Gasteiger partial charge is 0.337 e. The van der Waals surface area contributed by atoms with E-state index in [1.54, 1.807) is 6.07 Å². The second kappa shape index (κ2) is 3.80. The van der Waals surface area contributed by atoms with Gasteiger partial charge < -0.3 is 4.98 Å². The quantitative estimate of drug-likeness (QED) is 0.682. The first-order chi connectivity index (χ1) is 8.63. The number of imidazole rings is 1. The number of rotatable bonds is 1. The zero-order chi connectivity index (χ0) is 12.7. The van der Waals surface area contributed by atoms with Gasteiger partial charge in [0.15, 0.2) is 5.82 Å². The van der Waals surface area contributed by atoms with Gasteiger partial charge in [-0.3, -0.25) is 4.79 Å². The SMILES string of the molecule is Cc1cc2nc(-c3ccc(=O)[nH]n3)[nH]c2cc1C. The number of nitrogens with zero attached hydrogens (tertiary/aromatic N) is 2. The van der Waals surface area contributed by atoms with Gasteiger partial charge in [0, 0.05) is 6.07 Å². The van der Waals surface area contributed by atoms with Gasteiger partial charge in [0.25, 0.3) is 5.56 Å². The molecule has 5 nitrogen and oxygen atoms in total. The van der Waals surface area contributed by atoms with E-state index in [9.17, 15) is 4.79 Å². The Morgan fingerprint density at radius 2 is 1.89 bits per heavy atom. The molecule has 0 aliphatic carbocycles. The first-order valence-corrected chi connectivity index (χ1v) is 5.66. The highest BCUT2D eigenvalue weighted by atomic mass is 16.1. The molecule has 0 amide bonds. The van der Waals surface area contributed by atoms with Crippen molar-refractivity contribution in [1.82, 2.24) is 20.2 Å². The first-order valence-electron chi connectivity index (χ1n) is 5.66. The predicted octanol–water partition coefficient (Wildman–Crippen LogP) is 1.93. The van der Waals surface area contributed by atoms with Gasteiger partial charge in [-0.25, -0.2) is 10.1 Å². The molecule has 0 fully saturated rings. The lowest BCUT2D eigenvalue weighted by atomic mass is 10.1. The smallest absolute Gasteiger partial charge is 0.264 e. The van der Waals surface area contributed by atoms with Crippen molar-refractivity contribution in [2.45, 2.75) is 13.8 Å². The number of hydrogen-bond acceptors (Lipinski definition) is 3. The molecule has 0 atom stereocenters. The fraction of sp³-hybridized carbons (Fsp3) is 0.154. The highest BCUT2D eigenvalue weighted by molar-refractivity contribution is 5.80. The number of fused-ring (bicyclic) bond motifs is 1. The van der Waals surface area contributed by atoms with Crippen LogP contribution < -0.4 is 5.56 Å². The summed E-state index contributed by atoms with van der Waals surface area (Å²) >= 11 is 0. The van der Waals surface area contributed by atoms with Crippen molar-refractivity contribution < 1.29 is 0 Å². The number of aryl methyl sites for hydroxylation is 2. The van der Waals surface area contributed by atoms with E-state index in [4.69, 9.17) is 0 Å². The Morgan fingerprint density at radius 3 is 2.61 bits per heavy atom. The number of benzene rings is 1. The Bertz CT molecular complexity index is 726. The number of hydrogen-bond donors (Lipinski definition) is 2. The molecule has 0 radical (unpaired) electrons. The van der Waals surface area contributed by atoms with Crippen molar-refractivity contribution in [1.29, 1.82) is 0 Å². The predicted molar refractivity (Wildman–Crippen MR) is 69.4 cm³/mol. The van der Waals surface area contributed by atoms with Gasteiger partial charge in [-0.1, -0.05) is 0 Å². The Balaban J connectivity index is 2.19. The second-order valence-electron chi connectivity index (χ2n) is 4.35. The van der Waals surface area contributed by atoms with Gasteiger partial charge in [-0.2, -0.15) is 5.10 Å². The van der Waals surface area contributed by atoms with Crippen molar-refractivity contribution >= 4 is 11.0 Å². The van der Waals surface area contributed by atoms with E-state index in [1.165, 1.54) is 17.2 Å². The number of aromatic nitrogens is 4. The lowest BCUT2D eigenvalue weighted by Gasteiger charge is -1.97. The van der Waals surface area contributed by atoms with Gasteiger partial charge in [-0.05, 0) is 43.2 Å². The fourth-order valence-electron chi connectivity index (χ4n) is 1.87. The Kier molecular flexibility index (Phi) is 2.26. The van der Waals surface area contributed by atoms with Crippen LogP contribution in [0.25, 0.3) is 22.6 Å². The van der Waals surface area contributed by atoms with E-state index in [0.717, 1.165) is 11.0 Å². The summed E-state index contributed by atoms with van der Waals surface area (Å²) < 4.78 is 0. The van der Waals surface area contributed by atoms with Crippen LogP contribution in [-0.4, -0.2) is 20.2 Å². The van der Waals surface area contributed by atoms with Gasteiger partial charge in [0.05, 0.1) is 11.0 Å². The molecule has 0 saturated heterocycles. The molecule has 5 heteroatoms. The molecular formula is C13H12N4O. The van der Waals surface area contributed by atoms with Gasteiger partial charge in [-0.15, -0.1) is 0 Å². The van der Waals surface area contributed by atoms with Crippen molar-refractivity contribution in [2.75, 3.05) is 0 Å². The maximum atomic E-state index is 11.0. The minimum Gasteiger partial charge on any atom is -0.337 e.